The number of hydrogen-bond donors (Lipinski definition) is 4. The van der Waals surface area contributed by atoms with Crippen LogP contribution in [0.5, 0.6) is 0 Å². The van der Waals surface area contributed by atoms with Gasteiger partial charge in [0.1, 0.15) is 5.82 Å². The fraction of sp³-hybridized carbons (Fsp3) is 0.154. The number of nitrogens with zero attached hydrogens (tertiary/aromatic N) is 4. The molecule has 0 saturated carbocycles. The molecular weight excluding hydrogens is 440 g/mol. The molecule has 0 aliphatic heterocycles. The van der Waals surface area contributed by atoms with Gasteiger partial charge in [0.2, 0.25) is 0 Å². The number of nitrogens with one attached hydrogen (secondary N) is 4. The minimum atomic E-state index is -0.250. The van der Waals surface area contributed by atoms with Crippen LogP contribution in [0.4, 0.5) is 22.0 Å². The van der Waals surface area contributed by atoms with E-state index in [-0.39, 0.29) is 6.03 Å². The molecule has 0 unspecified atom stereocenters. The number of benzene rings is 3. The number of aromatic nitrogens is 4. The zero-order chi connectivity index (χ0) is 24.2. The molecule has 5 aromatic rings. The highest BCUT2D eigenvalue weighted by Gasteiger charge is 2.11. The first-order chi connectivity index (χ1) is 17.0. The Morgan fingerprint density at radius 3 is 2.74 bits per heavy atom. The van der Waals surface area contributed by atoms with Gasteiger partial charge < -0.3 is 20.9 Å². The molecule has 2 aromatic heterocycles. The average molecular weight is 467 g/mol. The first-order valence-corrected chi connectivity index (χ1v) is 11.3. The van der Waals surface area contributed by atoms with Crippen LogP contribution in [0.15, 0.2) is 72.9 Å². The van der Waals surface area contributed by atoms with Crippen molar-refractivity contribution in [3.63, 3.8) is 0 Å². The Hall–Kier alpha value is -4.50. The lowest BCUT2D eigenvalue weighted by Crippen LogP contribution is -2.34. The Balaban J connectivity index is 1.43. The Labute approximate surface area is 202 Å². The highest BCUT2D eigenvalue weighted by molar-refractivity contribution is 5.94. The Kier molecular flexibility index (Phi) is 6.23. The van der Waals surface area contributed by atoms with E-state index >= 15 is 0 Å². The molecule has 0 saturated heterocycles. The standard InChI is InChI=1S/C26H26N8O/c1-34(2)13-12-27-26(35)30-19-7-5-6-17(14-19)24-31-23-9-4-3-8-21(23)25(32-24)29-20-10-11-22-18(15-20)16-28-33-22/h3-11,14-16H,12-13H2,1-2H3,(H,28,33)(H2,27,30,35)(H,29,31,32). The SMILES string of the molecule is CN(C)CCNC(=O)Nc1cccc(-c2nc(Nc3ccc4[nH]ncc4c3)c3ccccc3n2)c1. The number of fused-ring (bicyclic) bond motifs is 2. The van der Waals surface area contributed by atoms with Crippen molar-refractivity contribution in [1.29, 1.82) is 0 Å². The van der Waals surface area contributed by atoms with E-state index in [1.54, 1.807) is 6.20 Å². The second-order valence-corrected chi connectivity index (χ2v) is 8.47. The van der Waals surface area contributed by atoms with Crippen LogP contribution in [0.2, 0.25) is 0 Å². The van der Waals surface area contributed by atoms with Gasteiger partial charge in [0.05, 0.1) is 17.2 Å². The van der Waals surface area contributed by atoms with Crippen LogP contribution >= 0.6 is 0 Å². The Bertz CT molecular complexity index is 1490. The number of rotatable bonds is 7. The maximum atomic E-state index is 12.3. The molecular formula is C26H26N8O. The number of urea groups is 1. The molecule has 0 bridgehead atoms. The van der Waals surface area contributed by atoms with Crippen molar-refractivity contribution in [3.05, 3.63) is 72.9 Å². The van der Waals surface area contributed by atoms with E-state index in [1.165, 1.54) is 0 Å². The first-order valence-electron chi connectivity index (χ1n) is 11.3. The Morgan fingerprint density at radius 1 is 0.971 bits per heavy atom. The molecule has 0 spiro atoms. The predicted octanol–water partition coefficient (Wildman–Crippen LogP) is 4.60. The largest absolute Gasteiger partial charge is 0.340 e. The molecule has 0 radical (unpaired) electrons. The number of likely N-dealkylation sites (N-methyl/N-ethyl adjacent to an activating group) is 1. The third kappa shape index (κ3) is 5.20. The molecule has 0 aliphatic rings. The van der Waals surface area contributed by atoms with E-state index < -0.39 is 0 Å². The number of carbonyl (C=O) groups is 1. The van der Waals surface area contributed by atoms with Gasteiger partial charge in [0, 0.05) is 40.8 Å². The summed E-state index contributed by atoms with van der Waals surface area (Å²) in [5.74, 6) is 1.26. The summed E-state index contributed by atoms with van der Waals surface area (Å²) in [5.41, 5.74) is 4.17. The van der Waals surface area contributed by atoms with E-state index in [0.717, 1.165) is 39.6 Å². The van der Waals surface area contributed by atoms with Crippen LogP contribution in [0.3, 0.4) is 0 Å². The van der Waals surface area contributed by atoms with E-state index in [9.17, 15) is 4.79 Å². The predicted molar refractivity (Wildman–Crippen MR) is 140 cm³/mol. The number of para-hydroxylation sites is 1. The maximum absolute atomic E-state index is 12.3. The number of anilines is 3. The van der Waals surface area contributed by atoms with Gasteiger partial charge in [-0.1, -0.05) is 24.3 Å². The summed E-state index contributed by atoms with van der Waals surface area (Å²) in [5, 5.41) is 18.2. The van der Waals surface area contributed by atoms with Crippen molar-refractivity contribution in [1.82, 2.24) is 30.4 Å². The molecule has 35 heavy (non-hydrogen) atoms. The van der Waals surface area contributed by atoms with Crippen molar-refractivity contribution in [2.24, 2.45) is 0 Å². The van der Waals surface area contributed by atoms with Gasteiger partial charge in [0.25, 0.3) is 0 Å². The third-order valence-corrected chi connectivity index (χ3v) is 5.53. The summed E-state index contributed by atoms with van der Waals surface area (Å²) < 4.78 is 0. The van der Waals surface area contributed by atoms with Gasteiger partial charge in [-0.25, -0.2) is 14.8 Å². The average Bonchev–Trinajstić information content (AvgIpc) is 3.32. The smallest absolute Gasteiger partial charge is 0.319 e. The van der Waals surface area contributed by atoms with E-state index in [4.69, 9.17) is 9.97 Å². The molecule has 5 rings (SSSR count). The van der Waals surface area contributed by atoms with Crippen molar-refractivity contribution in [2.75, 3.05) is 37.8 Å². The molecule has 0 fully saturated rings. The van der Waals surface area contributed by atoms with Gasteiger partial charge in [-0.15, -0.1) is 0 Å². The van der Waals surface area contributed by atoms with E-state index in [0.29, 0.717) is 23.9 Å². The lowest BCUT2D eigenvalue weighted by molar-refractivity contribution is 0.250. The molecule has 0 atom stereocenters. The number of amides is 2. The van der Waals surface area contributed by atoms with Crippen LogP contribution in [0.1, 0.15) is 0 Å². The third-order valence-electron chi connectivity index (χ3n) is 5.53. The zero-order valence-corrected chi connectivity index (χ0v) is 19.5. The minimum absolute atomic E-state index is 0.250. The Morgan fingerprint density at radius 2 is 1.86 bits per heavy atom. The van der Waals surface area contributed by atoms with E-state index in [2.05, 4.69) is 26.1 Å². The topological polar surface area (TPSA) is 111 Å². The quantitative estimate of drug-likeness (QED) is 0.279. The second-order valence-electron chi connectivity index (χ2n) is 8.47. The van der Waals surface area contributed by atoms with Crippen molar-refractivity contribution in [2.45, 2.75) is 0 Å². The van der Waals surface area contributed by atoms with Gasteiger partial charge in [-0.3, -0.25) is 5.10 Å². The summed E-state index contributed by atoms with van der Waals surface area (Å²) in [6.07, 6.45) is 1.79. The summed E-state index contributed by atoms with van der Waals surface area (Å²) in [6.45, 7) is 1.33. The number of hydrogen-bond acceptors (Lipinski definition) is 6. The molecule has 3 aromatic carbocycles. The van der Waals surface area contributed by atoms with Gasteiger partial charge in [-0.2, -0.15) is 5.10 Å². The summed E-state index contributed by atoms with van der Waals surface area (Å²) in [6, 6.07) is 21.1. The van der Waals surface area contributed by atoms with Crippen molar-refractivity contribution < 1.29 is 4.79 Å². The molecule has 4 N–H and O–H groups in total. The van der Waals surface area contributed by atoms with Gasteiger partial charge >= 0.3 is 6.03 Å². The maximum Gasteiger partial charge on any atom is 0.319 e. The molecule has 0 aliphatic carbocycles. The van der Waals surface area contributed by atoms with Gasteiger partial charge in [-0.05, 0) is 56.6 Å². The molecule has 9 heteroatoms. The summed E-state index contributed by atoms with van der Waals surface area (Å²) >= 11 is 0. The molecule has 176 valence electrons. The van der Waals surface area contributed by atoms with Crippen LogP contribution < -0.4 is 16.0 Å². The molecule has 2 amide bonds. The lowest BCUT2D eigenvalue weighted by Gasteiger charge is -2.13. The number of carbonyl (C=O) groups excluding carboxylic acids is 1. The number of H-pyrrole nitrogens is 1. The summed E-state index contributed by atoms with van der Waals surface area (Å²) in [4.78, 5) is 23.9. The summed E-state index contributed by atoms with van der Waals surface area (Å²) in [7, 11) is 3.93. The molecule has 9 nitrogen and oxygen atoms in total. The fourth-order valence-corrected chi connectivity index (χ4v) is 3.76. The number of aromatic amines is 1. The van der Waals surface area contributed by atoms with Crippen LogP contribution in [-0.2, 0) is 0 Å². The fourth-order valence-electron chi connectivity index (χ4n) is 3.76. The van der Waals surface area contributed by atoms with Gasteiger partial charge in [0.15, 0.2) is 5.82 Å². The second kappa shape index (κ2) is 9.78. The van der Waals surface area contributed by atoms with Crippen LogP contribution in [0, 0.1) is 0 Å². The molecule has 2 heterocycles. The lowest BCUT2D eigenvalue weighted by atomic mass is 10.1. The van der Waals surface area contributed by atoms with Crippen LogP contribution in [0.25, 0.3) is 33.2 Å². The monoisotopic (exact) mass is 466 g/mol. The highest BCUT2D eigenvalue weighted by Crippen LogP contribution is 2.29. The van der Waals surface area contributed by atoms with Crippen molar-refractivity contribution in [3.8, 4) is 11.4 Å². The normalized spacial score (nSPS) is 11.2. The zero-order valence-electron chi connectivity index (χ0n) is 19.5. The van der Waals surface area contributed by atoms with Crippen molar-refractivity contribution >= 4 is 45.0 Å². The highest BCUT2D eigenvalue weighted by atomic mass is 16.2. The minimum Gasteiger partial charge on any atom is -0.340 e. The van der Waals surface area contributed by atoms with E-state index in [1.807, 2.05) is 85.7 Å². The first kappa shape index (κ1) is 22.3. The van der Waals surface area contributed by atoms with Crippen LogP contribution in [-0.4, -0.2) is 58.3 Å².